The predicted octanol–water partition coefficient (Wildman–Crippen LogP) is 3.86. The summed E-state index contributed by atoms with van der Waals surface area (Å²) in [4.78, 5) is 53.1. The van der Waals surface area contributed by atoms with Gasteiger partial charge in [-0.15, -0.1) is 6.58 Å². The molecule has 0 aliphatic carbocycles. The first-order chi connectivity index (χ1) is 18.2. The van der Waals surface area contributed by atoms with Gasteiger partial charge in [-0.05, 0) is 58.2 Å². The zero-order valence-corrected chi connectivity index (χ0v) is 23.1. The number of primary amides is 1. The standard InChI is InChI=1S/C29H38N4O6/c1-7-17-33(27(37)21(15-16-23(30)35)31-28(38)39-29(4,5)6)25(20-13-8-9-14-22(20)34)26(36)32-24-18(2)11-10-12-19(24)3/h7-14,21,25,34H,1,15-17H2,2-6H3,(H2,30,35)(H,31,38)(H,32,36). The molecule has 0 spiro atoms. The van der Waals surface area contributed by atoms with Crippen LogP contribution in [0.25, 0.3) is 0 Å². The third kappa shape index (κ3) is 8.87. The molecule has 10 nitrogen and oxygen atoms in total. The molecular weight excluding hydrogens is 500 g/mol. The number of ether oxygens (including phenoxy) is 1. The summed E-state index contributed by atoms with van der Waals surface area (Å²) in [5.74, 6) is -2.14. The fourth-order valence-electron chi connectivity index (χ4n) is 4.03. The van der Waals surface area contributed by atoms with Gasteiger partial charge in [-0.1, -0.05) is 42.5 Å². The monoisotopic (exact) mass is 538 g/mol. The topological polar surface area (TPSA) is 151 Å². The summed E-state index contributed by atoms with van der Waals surface area (Å²) in [5, 5.41) is 16.1. The van der Waals surface area contributed by atoms with Crippen molar-refractivity contribution >= 4 is 29.5 Å². The van der Waals surface area contributed by atoms with E-state index in [9.17, 15) is 24.3 Å². The van der Waals surface area contributed by atoms with Crippen LogP contribution in [0.15, 0.2) is 55.1 Å². The molecule has 0 aromatic heterocycles. The number of alkyl carbamates (subject to hydrolysis) is 1. The number of aryl methyl sites for hydroxylation is 2. The van der Waals surface area contributed by atoms with E-state index < -0.39 is 41.5 Å². The Kier molecular flexibility index (Phi) is 10.7. The SMILES string of the molecule is C=CCN(C(=O)C(CCC(N)=O)NC(=O)OC(C)(C)C)C(C(=O)Nc1c(C)cccc1C)c1ccccc1O. The Bertz CT molecular complexity index is 1200. The largest absolute Gasteiger partial charge is 0.508 e. The smallest absolute Gasteiger partial charge is 0.408 e. The van der Waals surface area contributed by atoms with Crippen molar-refractivity contribution in [1.82, 2.24) is 10.2 Å². The van der Waals surface area contributed by atoms with E-state index in [4.69, 9.17) is 10.5 Å². The first-order valence-electron chi connectivity index (χ1n) is 12.6. The number of hydrogen-bond acceptors (Lipinski definition) is 6. The van der Waals surface area contributed by atoms with Crippen LogP contribution in [-0.2, 0) is 19.1 Å². The average Bonchev–Trinajstić information content (AvgIpc) is 2.83. The number of carbonyl (C=O) groups is 4. The van der Waals surface area contributed by atoms with Gasteiger partial charge in [-0.2, -0.15) is 0 Å². The van der Waals surface area contributed by atoms with Crippen LogP contribution in [0.5, 0.6) is 5.75 Å². The maximum Gasteiger partial charge on any atom is 0.408 e. The number of para-hydroxylation sites is 2. The molecule has 0 fully saturated rings. The van der Waals surface area contributed by atoms with Crippen molar-refractivity contribution in [2.45, 2.75) is 65.1 Å². The molecule has 0 saturated carbocycles. The quantitative estimate of drug-likeness (QED) is 0.319. The first-order valence-corrected chi connectivity index (χ1v) is 12.6. The number of rotatable bonds is 11. The molecule has 2 rings (SSSR count). The molecule has 0 heterocycles. The van der Waals surface area contributed by atoms with Gasteiger partial charge >= 0.3 is 6.09 Å². The molecule has 39 heavy (non-hydrogen) atoms. The minimum absolute atomic E-state index is 0.110. The molecule has 0 bridgehead atoms. The lowest BCUT2D eigenvalue weighted by atomic mass is 10.00. The fourth-order valence-corrected chi connectivity index (χ4v) is 4.03. The first kappa shape index (κ1) is 30.9. The normalized spacial score (nSPS) is 12.5. The number of nitrogens with two attached hydrogens (primary N) is 1. The number of carbonyl (C=O) groups excluding carboxylic acids is 4. The van der Waals surface area contributed by atoms with Crippen LogP contribution in [0.1, 0.15) is 56.3 Å². The van der Waals surface area contributed by atoms with Crippen LogP contribution in [0.2, 0.25) is 0 Å². The van der Waals surface area contributed by atoms with E-state index >= 15 is 0 Å². The molecule has 2 atom stereocenters. The van der Waals surface area contributed by atoms with Crippen molar-refractivity contribution in [3.63, 3.8) is 0 Å². The summed E-state index contributed by atoms with van der Waals surface area (Å²) in [7, 11) is 0. The number of aromatic hydroxyl groups is 1. The van der Waals surface area contributed by atoms with E-state index in [1.165, 1.54) is 23.1 Å². The third-order valence-corrected chi connectivity index (χ3v) is 5.80. The highest BCUT2D eigenvalue weighted by molar-refractivity contribution is 6.00. The summed E-state index contributed by atoms with van der Waals surface area (Å²) in [6.07, 6.45) is 0.218. The Hall–Kier alpha value is -4.34. The number of nitrogens with one attached hydrogen (secondary N) is 2. The van der Waals surface area contributed by atoms with Crippen LogP contribution in [0.3, 0.4) is 0 Å². The summed E-state index contributed by atoms with van der Waals surface area (Å²) in [6.45, 7) is 12.3. The summed E-state index contributed by atoms with van der Waals surface area (Å²) in [6, 6.07) is 9.15. The number of phenols is 1. The number of amides is 4. The van der Waals surface area contributed by atoms with Crippen molar-refractivity contribution < 1.29 is 29.0 Å². The van der Waals surface area contributed by atoms with Crippen molar-refractivity contribution in [2.75, 3.05) is 11.9 Å². The second-order valence-corrected chi connectivity index (χ2v) is 10.2. The number of anilines is 1. The molecule has 2 aromatic rings. The van der Waals surface area contributed by atoms with Crippen molar-refractivity contribution in [1.29, 1.82) is 0 Å². The molecule has 10 heteroatoms. The van der Waals surface area contributed by atoms with E-state index in [-0.39, 0.29) is 30.7 Å². The minimum Gasteiger partial charge on any atom is -0.508 e. The van der Waals surface area contributed by atoms with Gasteiger partial charge in [-0.25, -0.2) is 4.79 Å². The van der Waals surface area contributed by atoms with Crippen LogP contribution in [0.4, 0.5) is 10.5 Å². The Morgan fingerprint density at radius 1 is 1.08 bits per heavy atom. The summed E-state index contributed by atoms with van der Waals surface area (Å²) < 4.78 is 5.31. The molecule has 0 aliphatic heterocycles. The lowest BCUT2D eigenvalue weighted by Gasteiger charge is -2.34. The minimum atomic E-state index is -1.31. The Morgan fingerprint density at radius 3 is 2.23 bits per heavy atom. The van der Waals surface area contributed by atoms with Gasteiger partial charge in [0, 0.05) is 24.2 Å². The van der Waals surface area contributed by atoms with Gasteiger partial charge in [0.05, 0.1) is 0 Å². The van der Waals surface area contributed by atoms with Crippen molar-refractivity contribution in [2.24, 2.45) is 5.73 Å². The van der Waals surface area contributed by atoms with E-state index in [1.54, 1.807) is 32.9 Å². The van der Waals surface area contributed by atoms with Gasteiger partial charge in [0.15, 0.2) is 0 Å². The Morgan fingerprint density at radius 2 is 1.69 bits per heavy atom. The average molecular weight is 539 g/mol. The predicted molar refractivity (Wildman–Crippen MR) is 149 cm³/mol. The number of nitrogens with zero attached hydrogens (tertiary/aromatic N) is 1. The van der Waals surface area contributed by atoms with E-state index in [0.29, 0.717) is 5.69 Å². The maximum absolute atomic E-state index is 14.0. The molecule has 0 radical (unpaired) electrons. The summed E-state index contributed by atoms with van der Waals surface area (Å²) >= 11 is 0. The van der Waals surface area contributed by atoms with E-state index in [0.717, 1.165) is 11.1 Å². The molecule has 210 valence electrons. The van der Waals surface area contributed by atoms with Gasteiger partial charge in [0.1, 0.15) is 23.4 Å². The van der Waals surface area contributed by atoms with E-state index in [1.807, 2.05) is 32.0 Å². The van der Waals surface area contributed by atoms with Crippen LogP contribution >= 0.6 is 0 Å². The van der Waals surface area contributed by atoms with Gasteiger partial charge in [0.2, 0.25) is 11.8 Å². The second kappa shape index (κ2) is 13.5. The lowest BCUT2D eigenvalue weighted by Crippen LogP contribution is -2.52. The summed E-state index contributed by atoms with van der Waals surface area (Å²) in [5.41, 5.74) is 6.85. The highest BCUT2D eigenvalue weighted by Crippen LogP contribution is 2.32. The zero-order valence-electron chi connectivity index (χ0n) is 23.1. The Labute approximate surface area is 229 Å². The van der Waals surface area contributed by atoms with Crippen LogP contribution < -0.4 is 16.4 Å². The molecule has 0 aliphatic rings. The van der Waals surface area contributed by atoms with Crippen molar-refractivity contribution in [3.05, 3.63) is 71.8 Å². The maximum atomic E-state index is 14.0. The fraction of sp³-hybridized carbons (Fsp3) is 0.379. The van der Waals surface area contributed by atoms with Crippen LogP contribution in [0, 0.1) is 13.8 Å². The highest BCUT2D eigenvalue weighted by Gasteiger charge is 2.37. The van der Waals surface area contributed by atoms with Crippen molar-refractivity contribution in [3.8, 4) is 5.75 Å². The molecular formula is C29H38N4O6. The van der Waals surface area contributed by atoms with E-state index in [2.05, 4.69) is 17.2 Å². The molecule has 0 saturated heterocycles. The molecule has 2 aromatic carbocycles. The van der Waals surface area contributed by atoms with Crippen LogP contribution in [-0.4, -0.2) is 52.0 Å². The molecule has 2 unspecified atom stereocenters. The zero-order chi connectivity index (χ0) is 29.3. The van der Waals surface area contributed by atoms with Gasteiger partial charge < -0.3 is 31.1 Å². The third-order valence-electron chi connectivity index (χ3n) is 5.80. The Balaban J connectivity index is 2.56. The molecule has 5 N–H and O–H groups in total. The number of hydrogen-bond donors (Lipinski definition) is 4. The second-order valence-electron chi connectivity index (χ2n) is 10.2. The highest BCUT2D eigenvalue weighted by atomic mass is 16.6. The number of phenolic OH excluding ortho intramolecular Hbond substituents is 1. The molecule has 4 amide bonds. The van der Waals surface area contributed by atoms with Gasteiger partial charge in [0.25, 0.3) is 5.91 Å². The van der Waals surface area contributed by atoms with Gasteiger partial charge in [-0.3, -0.25) is 14.4 Å². The number of benzene rings is 2. The lowest BCUT2D eigenvalue weighted by molar-refractivity contribution is -0.140.